The zero-order valence-corrected chi connectivity index (χ0v) is 13.8. The molecule has 0 aliphatic carbocycles. The third-order valence-corrected chi connectivity index (χ3v) is 3.23. The molecule has 0 aliphatic rings. The van der Waals surface area contributed by atoms with Crippen LogP contribution in [0.4, 0.5) is 0 Å². The molecular weight excluding hydrogens is 280 g/mol. The summed E-state index contributed by atoms with van der Waals surface area (Å²) >= 11 is 0. The molecule has 1 unspecified atom stereocenters. The van der Waals surface area contributed by atoms with Gasteiger partial charge in [-0.25, -0.2) is 0 Å². The van der Waals surface area contributed by atoms with E-state index in [9.17, 15) is 4.79 Å². The van der Waals surface area contributed by atoms with Crippen LogP contribution in [0.1, 0.15) is 37.0 Å². The van der Waals surface area contributed by atoms with Gasteiger partial charge in [0.25, 0.3) is 5.91 Å². The third-order valence-electron chi connectivity index (χ3n) is 3.23. The van der Waals surface area contributed by atoms with E-state index in [1.165, 1.54) is 0 Å². The van der Waals surface area contributed by atoms with Crippen LogP contribution in [0.25, 0.3) is 0 Å². The van der Waals surface area contributed by atoms with Gasteiger partial charge in [0.05, 0.1) is 6.61 Å². The second kappa shape index (κ2) is 10.2. The molecule has 0 heterocycles. The van der Waals surface area contributed by atoms with Crippen molar-refractivity contribution in [1.29, 1.82) is 0 Å². The monoisotopic (exact) mass is 308 g/mol. The Labute approximate surface area is 133 Å². The Morgan fingerprint density at radius 2 is 2.09 bits per heavy atom. The first kappa shape index (κ1) is 18.5. The molecule has 1 aromatic carbocycles. The number of nitrogens with two attached hydrogens (primary N) is 1. The lowest BCUT2D eigenvalue weighted by atomic mass is 10.0. The number of carbonyl (C=O) groups excluding carboxylic acids is 1. The number of carbonyl (C=O) groups is 1. The van der Waals surface area contributed by atoms with Crippen molar-refractivity contribution in [3.8, 4) is 5.75 Å². The molecule has 0 saturated carbocycles. The van der Waals surface area contributed by atoms with Crippen LogP contribution in [-0.2, 0) is 4.74 Å². The van der Waals surface area contributed by atoms with Gasteiger partial charge in [0.1, 0.15) is 5.75 Å². The van der Waals surface area contributed by atoms with Crippen LogP contribution in [0.3, 0.4) is 0 Å². The smallest absolute Gasteiger partial charge is 0.251 e. The van der Waals surface area contributed by atoms with Gasteiger partial charge in [0.2, 0.25) is 0 Å². The summed E-state index contributed by atoms with van der Waals surface area (Å²) < 4.78 is 10.6. The summed E-state index contributed by atoms with van der Waals surface area (Å²) in [7, 11) is 1.66. The number of hydrogen-bond donors (Lipinski definition) is 2. The number of benzene rings is 1. The number of amides is 1. The van der Waals surface area contributed by atoms with Gasteiger partial charge in [-0.05, 0) is 30.5 Å². The summed E-state index contributed by atoms with van der Waals surface area (Å²) in [4.78, 5) is 12.3. The van der Waals surface area contributed by atoms with Gasteiger partial charge in [-0.3, -0.25) is 4.79 Å². The highest BCUT2D eigenvalue weighted by molar-refractivity contribution is 5.94. The second-order valence-corrected chi connectivity index (χ2v) is 5.76. The van der Waals surface area contributed by atoms with Gasteiger partial charge in [0, 0.05) is 38.3 Å². The molecule has 0 radical (unpaired) electrons. The lowest BCUT2D eigenvalue weighted by molar-refractivity contribution is 0.0933. The molecule has 3 N–H and O–H groups in total. The first-order valence-corrected chi connectivity index (χ1v) is 7.79. The average molecular weight is 308 g/mol. The summed E-state index contributed by atoms with van der Waals surface area (Å²) in [5.74, 6) is 1.07. The Hall–Kier alpha value is -1.59. The summed E-state index contributed by atoms with van der Waals surface area (Å²) in [6, 6.07) is 7.20. The van der Waals surface area contributed by atoms with E-state index in [0.717, 1.165) is 12.8 Å². The highest BCUT2D eigenvalue weighted by atomic mass is 16.5. The van der Waals surface area contributed by atoms with Crippen molar-refractivity contribution in [2.75, 3.05) is 26.9 Å². The first-order chi connectivity index (χ1) is 10.6. The van der Waals surface area contributed by atoms with E-state index in [-0.39, 0.29) is 11.9 Å². The maximum absolute atomic E-state index is 12.3. The predicted molar refractivity (Wildman–Crippen MR) is 88.2 cm³/mol. The maximum Gasteiger partial charge on any atom is 0.251 e. The fourth-order valence-electron chi connectivity index (χ4n) is 2.17. The van der Waals surface area contributed by atoms with Crippen molar-refractivity contribution in [2.24, 2.45) is 11.7 Å². The van der Waals surface area contributed by atoms with Crippen LogP contribution in [0.15, 0.2) is 24.3 Å². The highest BCUT2D eigenvalue weighted by Crippen LogP contribution is 2.14. The van der Waals surface area contributed by atoms with Crippen molar-refractivity contribution in [2.45, 2.75) is 32.7 Å². The Kier molecular flexibility index (Phi) is 8.55. The molecule has 5 heteroatoms. The van der Waals surface area contributed by atoms with E-state index >= 15 is 0 Å². The molecule has 5 nitrogen and oxygen atoms in total. The van der Waals surface area contributed by atoms with Gasteiger partial charge in [0.15, 0.2) is 0 Å². The van der Waals surface area contributed by atoms with E-state index in [2.05, 4.69) is 19.2 Å². The molecule has 0 spiro atoms. The lowest BCUT2D eigenvalue weighted by Crippen LogP contribution is -2.41. The van der Waals surface area contributed by atoms with E-state index in [4.69, 9.17) is 15.2 Å². The van der Waals surface area contributed by atoms with Crippen molar-refractivity contribution in [3.05, 3.63) is 29.8 Å². The predicted octanol–water partition coefficient (Wildman–Crippen LogP) is 2.21. The molecule has 0 bridgehead atoms. The van der Waals surface area contributed by atoms with Crippen molar-refractivity contribution < 1.29 is 14.3 Å². The highest BCUT2D eigenvalue weighted by Gasteiger charge is 2.14. The SMILES string of the molecule is COCCCOc1cccc(C(=O)NC(CN)CC(C)C)c1. The van der Waals surface area contributed by atoms with Crippen LogP contribution in [0.2, 0.25) is 0 Å². The molecule has 0 saturated heterocycles. The average Bonchev–Trinajstić information content (AvgIpc) is 2.50. The molecule has 0 fully saturated rings. The van der Waals surface area contributed by atoms with E-state index in [1.54, 1.807) is 19.2 Å². The minimum absolute atomic E-state index is 0.00113. The molecular formula is C17H28N2O3. The minimum Gasteiger partial charge on any atom is -0.493 e. The zero-order valence-electron chi connectivity index (χ0n) is 13.8. The molecule has 0 aliphatic heterocycles. The first-order valence-electron chi connectivity index (χ1n) is 7.79. The molecule has 22 heavy (non-hydrogen) atoms. The van der Waals surface area contributed by atoms with Crippen LogP contribution < -0.4 is 15.8 Å². The van der Waals surface area contributed by atoms with Crippen molar-refractivity contribution in [3.63, 3.8) is 0 Å². The molecule has 1 rings (SSSR count). The third kappa shape index (κ3) is 6.91. The zero-order chi connectivity index (χ0) is 16.4. The van der Waals surface area contributed by atoms with Crippen LogP contribution >= 0.6 is 0 Å². The lowest BCUT2D eigenvalue weighted by Gasteiger charge is -2.19. The van der Waals surface area contributed by atoms with Gasteiger partial charge in [-0.2, -0.15) is 0 Å². The fourth-order valence-corrected chi connectivity index (χ4v) is 2.17. The summed E-state index contributed by atoms with van der Waals surface area (Å²) in [5, 5.41) is 2.98. The molecule has 0 aromatic heterocycles. The molecule has 1 amide bonds. The molecule has 124 valence electrons. The van der Waals surface area contributed by atoms with Crippen LogP contribution in [-0.4, -0.2) is 38.8 Å². The normalized spacial score (nSPS) is 12.2. The van der Waals surface area contributed by atoms with Crippen molar-refractivity contribution in [1.82, 2.24) is 5.32 Å². The van der Waals surface area contributed by atoms with E-state index in [0.29, 0.717) is 37.0 Å². The number of ether oxygens (including phenoxy) is 2. The molecule has 1 aromatic rings. The van der Waals surface area contributed by atoms with Gasteiger partial charge >= 0.3 is 0 Å². The maximum atomic E-state index is 12.3. The van der Waals surface area contributed by atoms with Crippen LogP contribution in [0, 0.1) is 5.92 Å². The quantitative estimate of drug-likeness (QED) is 0.650. The number of nitrogens with one attached hydrogen (secondary N) is 1. The Morgan fingerprint density at radius 1 is 1.32 bits per heavy atom. The minimum atomic E-state index is -0.113. The van der Waals surface area contributed by atoms with E-state index in [1.807, 2.05) is 12.1 Å². The number of rotatable bonds is 10. The fraction of sp³-hybridized carbons (Fsp3) is 0.588. The summed E-state index contributed by atoms with van der Waals surface area (Å²) in [5.41, 5.74) is 6.31. The van der Waals surface area contributed by atoms with E-state index < -0.39 is 0 Å². The summed E-state index contributed by atoms with van der Waals surface area (Å²) in [6.45, 7) is 5.90. The topological polar surface area (TPSA) is 73.6 Å². The Balaban J connectivity index is 2.57. The van der Waals surface area contributed by atoms with Crippen LogP contribution in [0.5, 0.6) is 5.75 Å². The number of methoxy groups -OCH3 is 1. The Morgan fingerprint density at radius 3 is 2.73 bits per heavy atom. The standard InChI is InChI=1S/C17H28N2O3/c1-13(2)10-15(12-18)19-17(20)14-6-4-7-16(11-14)22-9-5-8-21-3/h4,6-7,11,13,15H,5,8-10,12,18H2,1-3H3,(H,19,20). The number of hydrogen-bond acceptors (Lipinski definition) is 4. The summed E-state index contributed by atoms with van der Waals surface area (Å²) in [6.07, 6.45) is 1.69. The van der Waals surface area contributed by atoms with Gasteiger partial charge in [-0.1, -0.05) is 19.9 Å². The second-order valence-electron chi connectivity index (χ2n) is 5.76. The Bertz CT molecular complexity index is 449. The van der Waals surface area contributed by atoms with Gasteiger partial charge < -0.3 is 20.5 Å². The largest absolute Gasteiger partial charge is 0.493 e. The van der Waals surface area contributed by atoms with Crippen molar-refractivity contribution >= 4 is 5.91 Å². The molecule has 1 atom stereocenters. The van der Waals surface area contributed by atoms with Gasteiger partial charge in [-0.15, -0.1) is 0 Å².